The Kier molecular flexibility index (Phi) is 5.64. The standard InChI is InChI=1S/C17H13ClF3N3OS2/c1-8-9(2)27-16-14(8)15(22-7-23-16)26-6-13(25)24-12-4-3-10(18)5-11(12)17(19,20)21/h3-5,7H,6H2,1-2H3,(H,24,25). The van der Waals surface area contributed by atoms with Gasteiger partial charge in [0.2, 0.25) is 5.91 Å². The number of benzene rings is 1. The zero-order chi connectivity index (χ0) is 19.8. The fourth-order valence-corrected chi connectivity index (χ4v) is 4.53. The van der Waals surface area contributed by atoms with Crippen LogP contribution in [0.3, 0.4) is 0 Å². The summed E-state index contributed by atoms with van der Waals surface area (Å²) in [5, 5.41) is 3.75. The summed E-state index contributed by atoms with van der Waals surface area (Å²) >= 11 is 8.33. The Balaban J connectivity index is 1.77. The summed E-state index contributed by atoms with van der Waals surface area (Å²) in [6.07, 6.45) is -3.20. The van der Waals surface area contributed by atoms with E-state index in [2.05, 4.69) is 15.3 Å². The Morgan fingerprint density at radius 1 is 1.30 bits per heavy atom. The van der Waals surface area contributed by atoms with Crippen LogP contribution in [0.25, 0.3) is 10.2 Å². The molecule has 27 heavy (non-hydrogen) atoms. The summed E-state index contributed by atoms with van der Waals surface area (Å²) < 4.78 is 39.4. The van der Waals surface area contributed by atoms with Crippen LogP contribution in [0, 0.1) is 13.8 Å². The Bertz CT molecular complexity index is 1020. The van der Waals surface area contributed by atoms with E-state index in [1.54, 1.807) is 0 Å². The Morgan fingerprint density at radius 2 is 2.04 bits per heavy atom. The maximum atomic E-state index is 13.1. The highest BCUT2D eigenvalue weighted by molar-refractivity contribution is 8.00. The lowest BCUT2D eigenvalue weighted by Gasteiger charge is -2.14. The average Bonchev–Trinajstić information content (AvgIpc) is 2.89. The molecular formula is C17H13ClF3N3OS2. The number of aryl methyl sites for hydroxylation is 2. The van der Waals surface area contributed by atoms with Gasteiger partial charge in [-0.3, -0.25) is 4.79 Å². The zero-order valence-corrected chi connectivity index (χ0v) is 16.5. The fraction of sp³-hybridized carbons (Fsp3) is 0.235. The summed E-state index contributed by atoms with van der Waals surface area (Å²) in [5.41, 5.74) is -0.273. The molecule has 0 radical (unpaired) electrons. The van der Waals surface area contributed by atoms with Gasteiger partial charge >= 0.3 is 6.18 Å². The molecule has 1 N–H and O–H groups in total. The molecule has 0 bridgehead atoms. The highest BCUT2D eigenvalue weighted by Crippen LogP contribution is 2.37. The number of carbonyl (C=O) groups excluding carboxylic acids is 1. The van der Waals surface area contributed by atoms with Gasteiger partial charge in [0.05, 0.1) is 17.0 Å². The molecule has 3 aromatic rings. The second-order valence-electron chi connectivity index (χ2n) is 5.67. The van der Waals surface area contributed by atoms with Gasteiger partial charge in [-0.05, 0) is 37.6 Å². The molecule has 1 aromatic carbocycles. The monoisotopic (exact) mass is 431 g/mol. The lowest BCUT2D eigenvalue weighted by Crippen LogP contribution is -2.18. The molecule has 2 aromatic heterocycles. The molecule has 142 valence electrons. The van der Waals surface area contributed by atoms with Gasteiger partial charge in [0.25, 0.3) is 0 Å². The molecule has 3 rings (SSSR count). The molecule has 0 atom stereocenters. The van der Waals surface area contributed by atoms with Crippen LogP contribution in [-0.4, -0.2) is 21.6 Å². The summed E-state index contributed by atoms with van der Waals surface area (Å²) in [4.78, 5) is 22.6. The van der Waals surface area contributed by atoms with Crippen molar-refractivity contribution in [2.75, 3.05) is 11.1 Å². The number of thiophene rings is 1. The number of nitrogens with one attached hydrogen (secondary N) is 1. The molecule has 0 aliphatic heterocycles. The molecule has 0 unspecified atom stereocenters. The van der Waals surface area contributed by atoms with Crippen LogP contribution in [0.1, 0.15) is 16.0 Å². The molecule has 1 amide bonds. The zero-order valence-electron chi connectivity index (χ0n) is 14.1. The number of nitrogens with zero attached hydrogens (tertiary/aromatic N) is 2. The number of rotatable bonds is 4. The quantitative estimate of drug-likeness (QED) is 0.424. The smallest absolute Gasteiger partial charge is 0.325 e. The number of carbonyl (C=O) groups is 1. The first kappa shape index (κ1) is 19.9. The van der Waals surface area contributed by atoms with Crippen LogP contribution >= 0.6 is 34.7 Å². The Hall–Kier alpha value is -1.84. The van der Waals surface area contributed by atoms with E-state index in [1.165, 1.54) is 23.7 Å². The van der Waals surface area contributed by atoms with Crippen LogP contribution in [0.15, 0.2) is 29.6 Å². The van der Waals surface area contributed by atoms with E-state index in [0.29, 0.717) is 5.03 Å². The van der Waals surface area contributed by atoms with E-state index < -0.39 is 17.6 Å². The van der Waals surface area contributed by atoms with Crippen LogP contribution < -0.4 is 5.32 Å². The normalized spacial score (nSPS) is 11.8. The number of amides is 1. The molecule has 0 aliphatic carbocycles. The number of halogens is 4. The minimum atomic E-state index is -4.62. The van der Waals surface area contributed by atoms with E-state index in [1.807, 2.05) is 13.8 Å². The minimum Gasteiger partial charge on any atom is -0.325 e. The van der Waals surface area contributed by atoms with Crippen LogP contribution in [-0.2, 0) is 11.0 Å². The highest BCUT2D eigenvalue weighted by Gasteiger charge is 2.34. The average molecular weight is 432 g/mol. The van der Waals surface area contributed by atoms with Gasteiger partial charge in [-0.15, -0.1) is 11.3 Å². The lowest BCUT2D eigenvalue weighted by molar-refractivity contribution is -0.137. The van der Waals surface area contributed by atoms with Crippen LogP contribution in [0.2, 0.25) is 5.02 Å². The van der Waals surface area contributed by atoms with Gasteiger partial charge in [0.1, 0.15) is 16.2 Å². The van der Waals surface area contributed by atoms with Crippen molar-refractivity contribution in [1.29, 1.82) is 0 Å². The highest BCUT2D eigenvalue weighted by atomic mass is 35.5. The van der Waals surface area contributed by atoms with Crippen LogP contribution in [0.5, 0.6) is 0 Å². The number of hydrogen-bond acceptors (Lipinski definition) is 5. The maximum Gasteiger partial charge on any atom is 0.418 e. The SMILES string of the molecule is Cc1sc2ncnc(SCC(=O)Nc3ccc(Cl)cc3C(F)(F)F)c2c1C. The van der Waals surface area contributed by atoms with Gasteiger partial charge < -0.3 is 5.32 Å². The third-order valence-corrected chi connectivity index (χ3v) is 6.17. The van der Waals surface area contributed by atoms with Gasteiger partial charge in [-0.1, -0.05) is 23.4 Å². The van der Waals surface area contributed by atoms with E-state index in [0.717, 1.165) is 44.6 Å². The van der Waals surface area contributed by atoms with E-state index in [4.69, 9.17) is 11.6 Å². The molecule has 0 fully saturated rings. The molecule has 0 aliphatic rings. The molecular weight excluding hydrogens is 419 g/mol. The first-order valence-electron chi connectivity index (χ1n) is 7.67. The summed E-state index contributed by atoms with van der Waals surface area (Å²) in [5.74, 6) is -0.649. The lowest BCUT2D eigenvalue weighted by atomic mass is 10.1. The third-order valence-electron chi connectivity index (χ3n) is 3.83. The van der Waals surface area contributed by atoms with Crippen molar-refractivity contribution in [2.24, 2.45) is 0 Å². The number of anilines is 1. The van der Waals surface area contributed by atoms with Crippen molar-refractivity contribution in [3.05, 3.63) is 45.6 Å². The second kappa shape index (κ2) is 7.65. The van der Waals surface area contributed by atoms with Gasteiger partial charge in [-0.25, -0.2) is 9.97 Å². The fourth-order valence-electron chi connectivity index (χ4n) is 2.44. The third kappa shape index (κ3) is 4.36. The molecule has 10 heteroatoms. The molecule has 0 spiro atoms. The number of aromatic nitrogens is 2. The van der Waals surface area contributed by atoms with Gasteiger partial charge in [0, 0.05) is 15.3 Å². The first-order valence-corrected chi connectivity index (χ1v) is 9.85. The van der Waals surface area contributed by atoms with E-state index >= 15 is 0 Å². The van der Waals surface area contributed by atoms with Gasteiger partial charge in [0.15, 0.2) is 0 Å². The Labute approximate surface area is 166 Å². The first-order chi connectivity index (χ1) is 12.7. The summed E-state index contributed by atoms with van der Waals surface area (Å²) in [7, 11) is 0. The van der Waals surface area contributed by atoms with Crippen molar-refractivity contribution < 1.29 is 18.0 Å². The van der Waals surface area contributed by atoms with Crippen molar-refractivity contribution in [3.63, 3.8) is 0 Å². The number of hydrogen-bond donors (Lipinski definition) is 1. The number of thioether (sulfide) groups is 1. The van der Waals surface area contributed by atoms with E-state index in [-0.39, 0.29) is 16.5 Å². The molecule has 2 heterocycles. The van der Waals surface area contributed by atoms with Crippen molar-refractivity contribution in [3.8, 4) is 0 Å². The molecule has 0 saturated heterocycles. The van der Waals surface area contributed by atoms with Gasteiger partial charge in [-0.2, -0.15) is 13.2 Å². The van der Waals surface area contributed by atoms with Crippen molar-refractivity contribution >= 4 is 56.5 Å². The Morgan fingerprint density at radius 3 is 2.74 bits per heavy atom. The van der Waals surface area contributed by atoms with Crippen molar-refractivity contribution in [2.45, 2.75) is 25.0 Å². The predicted molar refractivity (Wildman–Crippen MR) is 103 cm³/mol. The maximum absolute atomic E-state index is 13.1. The summed E-state index contributed by atoms with van der Waals surface area (Å²) in [6, 6.07) is 3.23. The molecule has 4 nitrogen and oxygen atoms in total. The van der Waals surface area contributed by atoms with Crippen LogP contribution in [0.4, 0.5) is 18.9 Å². The second-order valence-corrected chi connectivity index (χ2v) is 8.27. The van der Waals surface area contributed by atoms with E-state index in [9.17, 15) is 18.0 Å². The predicted octanol–water partition coefficient (Wildman–Crippen LogP) is 5.71. The molecule has 0 saturated carbocycles. The largest absolute Gasteiger partial charge is 0.418 e. The number of fused-ring (bicyclic) bond motifs is 1. The minimum absolute atomic E-state index is 0.0543. The topological polar surface area (TPSA) is 54.9 Å². The van der Waals surface area contributed by atoms with Crippen molar-refractivity contribution in [1.82, 2.24) is 9.97 Å². The number of alkyl halides is 3. The summed E-state index contributed by atoms with van der Waals surface area (Å²) in [6.45, 7) is 3.92.